The number of carbonyl (C=O) groups excluding carboxylic acids is 2. The summed E-state index contributed by atoms with van der Waals surface area (Å²) in [4.78, 5) is 23.3. The molecule has 0 fully saturated rings. The van der Waals surface area contributed by atoms with E-state index in [0.717, 1.165) is 25.9 Å². The highest BCUT2D eigenvalue weighted by molar-refractivity contribution is 5.98. The van der Waals surface area contributed by atoms with Gasteiger partial charge < -0.3 is 20.7 Å². The fourth-order valence-corrected chi connectivity index (χ4v) is 2.26. The molecule has 0 aromatic heterocycles. The van der Waals surface area contributed by atoms with Crippen LogP contribution in [-0.2, 0) is 4.79 Å². The van der Waals surface area contributed by atoms with Crippen LogP contribution in [-0.4, -0.2) is 38.6 Å². The van der Waals surface area contributed by atoms with Crippen molar-refractivity contribution in [2.45, 2.75) is 39.5 Å². The molecule has 3 N–H and O–H groups in total. The molecular formula is C18H29N3O3. The summed E-state index contributed by atoms with van der Waals surface area (Å²) >= 11 is 0. The van der Waals surface area contributed by atoms with Crippen molar-refractivity contribution in [3.05, 3.63) is 23.8 Å². The lowest BCUT2D eigenvalue weighted by atomic mass is 10.1. The summed E-state index contributed by atoms with van der Waals surface area (Å²) in [7, 11) is 1.51. The molecule has 0 unspecified atom stereocenters. The van der Waals surface area contributed by atoms with Crippen molar-refractivity contribution in [1.82, 2.24) is 10.6 Å². The Morgan fingerprint density at radius 3 is 2.46 bits per heavy atom. The van der Waals surface area contributed by atoms with Crippen LogP contribution in [0.5, 0.6) is 5.75 Å². The van der Waals surface area contributed by atoms with E-state index in [1.165, 1.54) is 26.9 Å². The second kappa shape index (κ2) is 11.5. The Labute approximate surface area is 144 Å². The number of unbranched alkanes of at least 4 members (excludes halogenated alkanes) is 2. The molecule has 1 aromatic carbocycles. The molecule has 2 amide bonds. The number of hydrogen-bond acceptors (Lipinski definition) is 4. The Hall–Kier alpha value is -2.08. The summed E-state index contributed by atoms with van der Waals surface area (Å²) in [6, 6.07) is 5.00. The maximum Gasteiger partial charge on any atom is 0.255 e. The van der Waals surface area contributed by atoms with Crippen molar-refractivity contribution >= 4 is 17.5 Å². The van der Waals surface area contributed by atoms with Gasteiger partial charge in [0.15, 0.2) is 0 Å². The molecular weight excluding hydrogens is 306 g/mol. The molecule has 0 radical (unpaired) electrons. The van der Waals surface area contributed by atoms with Crippen LogP contribution in [0.3, 0.4) is 0 Å². The summed E-state index contributed by atoms with van der Waals surface area (Å²) in [6.45, 7) is 6.27. The van der Waals surface area contributed by atoms with E-state index in [1.54, 1.807) is 18.2 Å². The lowest BCUT2D eigenvalue weighted by molar-refractivity contribution is -0.114. The van der Waals surface area contributed by atoms with E-state index in [1.807, 2.05) is 0 Å². The van der Waals surface area contributed by atoms with Gasteiger partial charge in [0.2, 0.25) is 5.91 Å². The molecule has 0 aliphatic carbocycles. The lowest BCUT2D eigenvalue weighted by Crippen LogP contribution is -2.26. The van der Waals surface area contributed by atoms with Gasteiger partial charge in [-0.1, -0.05) is 13.3 Å². The Kier molecular flexibility index (Phi) is 9.53. The first-order valence-electron chi connectivity index (χ1n) is 8.53. The van der Waals surface area contributed by atoms with Crippen LogP contribution < -0.4 is 20.7 Å². The van der Waals surface area contributed by atoms with E-state index in [2.05, 4.69) is 22.9 Å². The number of benzene rings is 1. The van der Waals surface area contributed by atoms with Crippen molar-refractivity contribution in [3.63, 3.8) is 0 Å². The van der Waals surface area contributed by atoms with Gasteiger partial charge in [-0.2, -0.15) is 0 Å². The Bertz CT molecular complexity index is 532. The molecule has 0 saturated carbocycles. The molecule has 1 aromatic rings. The Morgan fingerprint density at radius 2 is 1.79 bits per heavy atom. The summed E-state index contributed by atoms with van der Waals surface area (Å²) < 4.78 is 5.25. The van der Waals surface area contributed by atoms with E-state index < -0.39 is 0 Å². The first-order valence-corrected chi connectivity index (χ1v) is 8.53. The number of hydrogen-bond donors (Lipinski definition) is 3. The Morgan fingerprint density at radius 1 is 1.08 bits per heavy atom. The highest BCUT2D eigenvalue weighted by Crippen LogP contribution is 2.23. The van der Waals surface area contributed by atoms with Crippen molar-refractivity contribution in [3.8, 4) is 5.75 Å². The zero-order valence-corrected chi connectivity index (χ0v) is 14.9. The summed E-state index contributed by atoms with van der Waals surface area (Å²) in [5, 5.41) is 8.95. The van der Waals surface area contributed by atoms with Gasteiger partial charge in [0, 0.05) is 25.2 Å². The number of anilines is 1. The average Bonchev–Trinajstić information content (AvgIpc) is 2.56. The van der Waals surface area contributed by atoms with Gasteiger partial charge in [-0.3, -0.25) is 9.59 Å². The van der Waals surface area contributed by atoms with Crippen molar-refractivity contribution in [1.29, 1.82) is 0 Å². The molecule has 24 heavy (non-hydrogen) atoms. The molecule has 0 aliphatic heterocycles. The van der Waals surface area contributed by atoms with Crippen LogP contribution in [0, 0.1) is 0 Å². The van der Waals surface area contributed by atoms with E-state index in [9.17, 15) is 9.59 Å². The first-order chi connectivity index (χ1) is 11.6. The minimum atomic E-state index is -0.167. The largest absolute Gasteiger partial charge is 0.496 e. The highest BCUT2D eigenvalue weighted by atomic mass is 16.5. The van der Waals surface area contributed by atoms with E-state index >= 15 is 0 Å². The SMILES string of the molecule is CCCCNCCCCNC(=O)c1ccc(NC(C)=O)cc1OC. The zero-order valence-electron chi connectivity index (χ0n) is 14.9. The van der Waals surface area contributed by atoms with Gasteiger partial charge in [0.1, 0.15) is 5.75 Å². The molecule has 0 saturated heterocycles. The number of nitrogens with one attached hydrogen (secondary N) is 3. The minimum Gasteiger partial charge on any atom is -0.496 e. The smallest absolute Gasteiger partial charge is 0.255 e. The van der Waals surface area contributed by atoms with Crippen LogP contribution in [0.25, 0.3) is 0 Å². The fraction of sp³-hybridized carbons (Fsp3) is 0.556. The van der Waals surface area contributed by atoms with Crippen molar-refractivity contribution < 1.29 is 14.3 Å². The number of carbonyl (C=O) groups is 2. The molecule has 6 nitrogen and oxygen atoms in total. The van der Waals surface area contributed by atoms with Crippen molar-refractivity contribution in [2.75, 3.05) is 32.1 Å². The van der Waals surface area contributed by atoms with Crippen LogP contribution in [0.15, 0.2) is 18.2 Å². The van der Waals surface area contributed by atoms with Crippen LogP contribution in [0.2, 0.25) is 0 Å². The normalized spacial score (nSPS) is 10.3. The minimum absolute atomic E-state index is 0.165. The lowest BCUT2D eigenvalue weighted by Gasteiger charge is -2.11. The van der Waals surface area contributed by atoms with E-state index in [0.29, 0.717) is 23.5 Å². The molecule has 0 aliphatic rings. The van der Waals surface area contributed by atoms with E-state index in [4.69, 9.17) is 4.74 Å². The molecule has 6 heteroatoms. The van der Waals surface area contributed by atoms with Crippen LogP contribution in [0.4, 0.5) is 5.69 Å². The highest BCUT2D eigenvalue weighted by Gasteiger charge is 2.12. The first kappa shape index (κ1) is 20.0. The molecule has 0 bridgehead atoms. The van der Waals surface area contributed by atoms with Gasteiger partial charge in [-0.15, -0.1) is 0 Å². The van der Waals surface area contributed by atoms with Gasteiger partial charge >= 0.3 is 0 Å². The Balaban J connectivity index is 2.40. The molecule has 0 spiro atoms. The van der Waals surface area contributed by atoms with Gasteiger partial charge in [-0.05, 0) is 44.5 Å². The average molecular weight is 335 g/mol. The third-order valence-corrected chi connectivity index (χ3v) is 3.54. The summed E-state index contributed by atoms with van der Waals surface area (Å²) in [6.07, 6.45) is 4.36. The number of ether oxygens (including phenoxy) is 1. The van der Waals surface area contributed by atoms with E-state index in [-0.39, 0.29) is 11.8 Å². The predicted octanol–water partition coefficient (Wildman–Crippen LogP) is 2.55. The maximum atomic E-state index is 12.2. The molecule has 1 rings (SSSR count). The molecule has 0 heterocycles. The molecule has 0 atom stereocenters. The third-order valence-electron chi connectivity index (χ3n) is 3.54. The quantitative estimate of drug-likeness (QED) is 0.543. The number of amides is 2. The van der Waals surface area contributed by atoms with Crippen LogP contribution >= 0.6 is 0 Å². The van der Waals surface area contributed by atoms with Gasteiger partial charge in [-0.25, -0.2) is 0 Å². The topological polar surface area (TPSA) is 79.5 Å². The summed E-state index contributed by atoms with van der Waals surface area (Å²) in [5.74, 6) is 0.113. The van der Waals surface area contributed by atoms with Gasteiger partial charge in [0.05, 0.1) is 12.7 Å². The fourth-order valence-electron chi connectivity index (χ4n) is 2.26. The third kappa shape index (κ3) is 7.46. The maximum absolute atomic E-state index is 12.2. The van der Waals surface area contributed by atoms with Gasteiger partial charge in [0.25, 0.3) is 5.91 Å². The number of methoxy groups -OCH3 is 1. The van der Waals surface area contributed by atoms with Crippen LogP contribution in [0.1, 0.15) is 49.9 Å². The zero-order chi connectivity index (χ0) is 17.8. The summed E-state index contributed by atoms with van der Waals surface area (Å²) in [5.41, 5.74) is 1.07. The van der Waals surface area contributed by atoms with Crippen molar-refractivity contribution in [2.24, 2.45) is 0 Å². The second-order valence-electron chi connectivity index (χ2n) is 5.66. The number of rotatable bonds is 11. The standard InChI is InChI=1S/C18H29N3O3/c1-4-5-10-19-11-6-7-12-20-18(23)16-9-8-15(21-14(2)22)13-17(16)24-3/h8-9,13,19H,4-7,10-12H2,1-3H3,(H,20,23)(H,21,22). The molecule has 134 valence electrons. The predicted molar refractivity (Wildman–Crippen MR) is 96.6 cm³/mol. The second-order valence-corrected chi connectivity index (χ2v) is 5.66. The monoisotopic (exact) mass is 335 g/mol.